The number of aromatic nitrogens is 3. The number of carbonyl (C=O) groups excluding carboxylic acids is 3. The second-order valence-electron chi connectivity index (χ2n) is 8.57. The minimum Gasteiger partial charge on any atom is -0.480 e. The van der Waals surface area contributed by atoms with Gasteiger partial charge in [0.05, 0.1) is 13.3 Å². The number of fused-ring (bicyclic) bond motifs is 1. The van der Waals surface area contributed by atoms with Crippen molar-refractivity contribution in [3.8, 4) is 5.88 Å². The molecule has 0 radical (unpaired) electrons. The quantitative estimate of drug-likeness (QED) is 0.408. The Hall–Kier alpha value is -3.82. The molecule has 0 bridgehead atoms. The molecule has 0 aliphatic carbocycles. The van der Waals surface area contributed by atoms with E-state index < -0.39 is 11.7 Å². The van der Waals surface area contributed by atoms with Crippen LogP contribution < -0.4 is 4.74 Å². The van der Waals surface area contributed by atoms with Gasteiger partial charge in [-0.3, -0.25) is 18.8 Å². The Morgan fingerprint density at radius 3 is 2.44 bits per heavy atom. The van der Waals surface area contributed by atoms with Crippen LogP contribution >= 0.6 is 0 Å². The van der Waals surface area contributed by atoms with Crippen LogP contribution in [0.15, 0.2) is 36.7 Å². The average molecular weight is 468 g/mol. The van der Waals surface area contributed by atoms with E-state index in [9.17, 15) is 18.8 Å². The summed E-state index contributed by atoms with van der Waals surface area (Å²) in [6, 6.07) is 6.52. The Bertz CT molecular complexity index is 1230. The summed E-state index contributed by atoms with van der Waals surface area (Å²) in [6.45, 7) is 1.11. The molecule has 0 saturated carbocycles. The molecule has 178 valence electrons. The maximum absolute atomic E-state index is 13.3. The van der Waals surface area contributed by atoms with Crippen molar-refractivity contribution < 1.29 is 23.5 Å². The van der Waals surface area contributed by atoms with E-state index in [4.69, 9.17) is 4.74 Å². The molecule has 3 aromatic rings. The number of amides is 2. The van der Waals surface area contributed by atoms with Gasteiger partial charge in [0.1, 0.15) is 11.4 Å². The van der Waals surface area contributed by atoms with Crippen LogP contribution in [-0.4, -0.2) is 76.1 Å². The highest BCUT2D eigenvalue weighted by Crippen LogP contribution is 2.26. The minimum absolute atomic E-state index is 0.115. The molecule has 1 aliphatic heterocycles. The number of likely N-dealkylation sites (N-methyl/N-ethyl adjacent to an activating group) is 1. The summed E-state index contributed by atoms with van der Waals surface area (Å²) in [5.74, 6) is -1.63. The zero-order valence-corrected chi connectivity index (χ0v) is 19.3. The fourth-order valence-corrected chi connectivity index (χ4v) is 4.14. The number of methoxy groups -OCH3 is 1. The van der Waals surface area contributed by atoms with Gasteiger partial charge in [-0.15, -0.1) is 0 Å². The van der Waals surface area contributed by atoms with Gasteiger partial charge in [0, 0.05) is 33.4 Å². The first-order valence-electron chi connectivity index (χ1n) is 11.0. The number of Topliss-reactive ketones (excluding diaryl/α,β-unsaturated/α-hetero) is 1. The Balaban J connectivity index is 1.52. The van der Waals surface area contributed by atoms with Crippen LogP contribution in [0.25, 0.3) is 5.65 Å². The van der Waals surface area contributed by atoms with Crippen LogP contribution in [0.3, 0.4) is 0 Å². The average Bonchev–Trinajstić information content (AvgIpc) is 3.26. The molecule has 0 atom stereocenters. The van der Waals surface area contributed by atoms with Gasteiger partial charge in [-0.05, 0) is 42.9 Å². The summed E-state index contributed by atoms with van der Waals surface area (Å²) < 4.78 is 19.8. The molecule has 1 saturated heterocycles. The predicted molar refractivity (Wildman–Crippen MR) is 121 cm³/mol. The number of rotatable bonds is 6. The number of likely N-dealkylation sites (tertiary alicyclic amines) is 1. The summed E-state index contributed by atoms with van der Waals surface area (Å²) in [7, 11) is 4.38. The lowest BCUT2D eigenvalue weighted by atomic mass is 9.90. The summed E-state index contributed by atoms with van der Waals surface area (Å²) >= 11 is 0. The van der Waals surface area contributed by atoms with Crippen LogP contribution in [-0.2, 0) is 11.2 Å². The van der Waals surface area contributed by atoms with Crippen molar-refractivity contribution in [2.24, 2.45) is 5.92 Å². The Morgan fingerprint density at radius 1 is 1.15 bits per heavy atom. The number of benzene rings is 1. The number of imidazole rings is 1. The number of ether oxygens (including phenoxy) is 1. The van der Waals surface area contributed by atoms with E-state index in [2.05, 4.69) is 9.97 Å². The highest BCUT2D eigenvalue weighted by Gasteiger charge is 2.29. The van der Waals surface area contributed by atoms with Crippen molar-refractivity contribution in [1.29, 1.82) is 0 Å². The third-order valence-corrected chi connectivity index (χ3v) is 6.05. The number of hydrogen-bond donors (Lipinski definition) is 0. The second kappa shape index (κ2) is 9.58. The fourth-order valence-electron chi connectivity index (χ4n) is 4.14. The van der Waals surface area contributed by atoms with Crippen LogP contribution in [0.2, 0.25) is 0 Å². The number of halogens is 1. The highest BCUT2D eigenvalue weighted by molar-refractivity contribution is 6.41. The minimum atomic E-state index is -0.794. The first-order valence-corrected chi connectivity index (χ1v) is 11.0. The molecule has 9 nitrogen and oxygen atoms in total. The maximum Gasteiger partial charge on any atom is 0.297 e. The van der Waals surface area contributed by atoms with Gasteiger partial charge >= 0.3 is 0 Å². The lowest BCUT2D eigenvalue weighted by molar-refractivity contribution is -0.124. The van der Waals surface area contributed by atoms with Crippen molar-refractivity contribution in [2.75, 3.05) is 34.3 Å². The second-order valence-corrected chi connectivity index (χ2v) is 8.57. The Morgan fingerprint density at radius 2 is 1.82 bits per heavy atom. The van der Waals surface area contributed by atoms with Crippen molar-refractivity contribution >= 4 is 23.2 Å². The van der Waals surface area contributed by atoms with E-state index in [1.165, 1.54) is 55.0 Å². The lowest BCUT2D eigenvalue weighted by Gasteiger charge is -2.32. The van der Waals surface area contributed by atoms with Crippen molar-refractivity contribution in [3.63, 3.8) is 0 Å². The number of piperidine rings is 1. The molecule has 10 heteroatoms. The van der Waals surface area contributed by atoms with Crippen LogP contribution in [0, 0.1) is 11.7 Å². The van der Waals surface area contributed by atoms with Crippen molar-refractivity contribution in [2.45, 2.75) is 19.3 Å². The molecule has 0 N–H and O–H groups in total. The zero-order chi connectivity index (χ0) is 24.4. The van der Waals surface area contributed by atoms with Gasteiger partial charge in [0.2, 0.25) is 5.88 Å². The zero-order valence-electron chi connectivity index (χ0n) is 19.3. The molecule has 0 spiro atoms. The van der Waals surface area contributed by atoms with Crippen molar-refractivity contribution in [1.82, 2.24) is 24.2 Å². The molecular weight excluding hydrogens is 441 g/mol. The third-order valence-electron chi connectivity index (χ3n) is 6.05. The van der Waals surface area contributed by atoms with E-state index in [0.29, 0.717) is 24.7 Å². The first-order chi connectivity index (χ1) is 16.3. The number of nitrogens with zero attached hydrogens (tertiary/aromatic N) is 5. The van der Waals surface area contributed by atoms with Crippen LogP contribution in [0.5, 0.6) is 5.88 Å². The largest absolute Gasteiger partial charge is 0.480 e. The van der Waals surface area contributed by atoms with Crippen LogP contribution in [0.1, 0.15) is 39.4 Å². The predicted octanol–water partition coefficient (Wildman–Crippen LogP) is 2.24. The molecule has 34 heavy (non-hydrogen) atoms. The number of hydrogen-bond acceptors (Lipinski definition) is 6. The Kier molecular flexibility index (Phi) is 6.58. The van der Waals surface area contributed by atoms with Gasteiger partial charge in [-0.2, -0.15) is 4.98 Å². The molecule has 0 unspecified atom stereocenters. The fraction of sp³-hybridized carbons (Fsp3) is 0.375. The summed E-state index contributed by atoms with van der Waals surface area (Å²) in [5.41, 5.74) is 1.56. The maximum atomic E-state index is 13.3. The molecule has 1 aliphatic rings. The standard InChI is InChI=1S/C24H26FN5O4/c1-28(2)24(33)20(31)21-26-13-19-27-22(34-3)18(14-30(19)21)23(32)29-10-8-16(9-11-29)12-15-4-6-17(25)7-5-15/h4-7,13-14,16H,8-12H2,1-3H3. The van der Waals surface area contributed by atoms with E-state index in [1.807, 2.05) is 0 Å². The van der Waals surface area contributed by atoms with Crippen molar-refractivity contribution in [3.05, 3.63) is 59.4 Å². The molecular formula is C24H26FN5O4. The van der Waals surface area contributed by atoms with Crippen LogP contribution in [0.4, 0.5) is 4.39 Å². The number of ketones is 1. The van der Waals surface area contributed by atoms with E-state index >= 15 is 0 Å². The molecule has 2 aromatic heterocycles. The molecule has 1 aromatic carbocycles. The highest BCUT2D eigenvalue weighted by atomic mass is 19.1. The molecule has 2 amide bonds. The monoisotopic (exact) mass is 467 g/mol. The Labute approximate surface area is 196 Å². The normalized spacial score (nSPS) is 14.3. The van der Waals surface area contributed by atoms with E-state index in [0.717, 1.165) is 24.8 Å². The summed E-state index contributed by atoms with van der Waals surface area (Å²) in [5, 5.41) is 0. The molecule has 1 fully saturated rings. The van der Waals surface area contributed by atoms with E-state index in [-0.39, 0.29) is 29.0 Å². The SMILES string of the molecule is COc1nc2cnc(C(=O)C(=O)N(C)C)n2cc1C(=O)N1CCC(Cc2ccc(F)cc2)CC1. The smallest absolute Gasteiger partial charge is 0.297 e. The van der Waals surface area contributed by atoms with Gasteiger partial charge in [-0.1, -0.05) is 12.1 Å². The van der Waals surface area contributed by atoms with E-state index in [1.54, 1.807) is 17.0 Å². The number of carbonyl (C=O) groups is 3. The molecule has 4 rings (SSSR count). The van der Waals surface area contributed by atoms with Gasteiger partial charge in [0.25, 0.3) is 17.6 Å². The van der Waals surface area contributed by atoms with Gasteiger partial charge in [0.15, 0.2) is 11.5 Å². The molecule has 3 heterocycles. The summed E-state index contributed by atoms with van der Waals surface area (Å²) in [4.78, 5) is 49.3. The van der Waals surface area contributed by atoms with Gasteiger partial charge in [-0.25, -0.2) is 9.37 Å². The topological polar surface area (TPSA) is 97.1 Å². The lowest BCUT2D eigenvalue weighted by Crippen LogP contribution is -2.39. The summed E-state index contributed by atoms with van der Waals surface area (Å²) in [6.07, 6.45) is 5.27. The first kappa shape index (κ1) is 23.3. The van der Waals surface area contributed by atoms with Gasteiger partial charge < -0.3 is 14.5 Å². The third kappa shape index (κ3) is 4.61.